The second-order valence-corrected chi connectivity index (χ2v) is 16.2. The molecule has 0 radical (unpaired) electrons. The molecule has 0 heterocycles. The van der Waals surface area contributed by atoms with E-state index in [0.717, 1.165) is 12.8 Å². The van der Waals surface area contributed by atoms with Gasteiger partial charge in [0.05, 0.1) is 18.3 Å². The number of aliphatic hydroxyl groups excluding tert-OH is 2. The molecule has 6 heteroatoms. The second-order valence-electron chi connectivity index (χ2n) is 11.4. The summed E-state index contributed by atoms with van der Waals surface area (Å²) in [6.45, 7) is 11.3. The Morgan fingerprint density at radius 2 is 1.83 bits per heavy atom. The highest BCUT2D eigenvalue weighted by Gasteiger charge is 2.41. The lowest BCUT2D eigenvalue weighted by Crippen LogP contribution is -2.43. The smallest absolute Gasteiger partial charge is 0.303 e. The highest BCUT2D eigenvalue weighted by atomic mass is 28.4. The molecule has 0 saturated heterocycles. The Kier molecular flexibility index (Phi) is 11.4. The fourth-order valence-corrected chi connectivity index (χ4v) is 5.71. The Balaban J connectivity index is 2.09. The average Bonchev–Trinajstić information content (AvgIpc) is 3.04. The van der Waals surface area contributed by atoms with Crippen LogP contribution in [0.15, 0.2) is 54.6 Å². The summed E-state index contributed by atoms with van der Waals surface area (Å²) in [5, 5.41) is 30.1. The molecule has 0 aliphatic heterocycles. The number of allylic oxidation sites excluding steroid dienone is 2. The van der Waals surface area contributed by atoms with Crippen LogP contribution in [-0.2, 0) is 15.6 Å². The molecule has 196 valence electrons. The lowest BCUT2D eigenvalue weighted by molar-refractivity contribution is -0.137. The highest BCUT2D eigenvalue weighted by Crippen LogP contribution is 2.39. The quantitative estimate of drug-likeness (QED) is 0.172. The van der Waals surface area contributed by atoms with Gasteiger partial charge in [0.25, 0.3) is 0 Å². The van der Waals surface area contributed by atoms with Crippen molar-refractivity contribution in [1.82, 2.24) is 0 Å². The fourth-order valence-electron chi connectivity index (χ4n) is 4.40. The second kappa shape index (κ2) is 13.5. The lowest BCUT2D eigenvalue weighted by Gasteiger charge is -2.39. The molecule has 1 aliphatic carbocycles. The monoisotopic (exact) mass is 502 g/mol. The van der Waals surface area contributed by atoms with Gasteiger partial charge in [-0.3, -0.25) is 4.79 Å². The van der Waals surface area contributed by atoms with E-state index < -0.39 is 26.5 Å². The molecule has 0 unspecified atom stereocenters. The minimum absolute atomic E-state index is 0.0479. The van der Waals surface area contributed by atoms with Crippen molar-refractivity contribution in [3.8, 4) is 0 Å². The number of aliphatic carboxylic acids is 1. The Morgan fingerprint density at radius 3 is 2.46 bits per heavy atom. The predicted molar refractivity (Wildman–Crippen MR) is 145 cm³/mol. The predicted octanol–water partition coefficient (Wildman–Crippen LogP) is 6.12. The molecule has 0 spiro atoms. The molecule has 0 amide bonds. The first-order valence-electron chi connectivity index (χ1n) is 13.0. The molecule has 3 N–H and O–H groups in total. The van der Waals surface area contributed by atoms with Gasteiger partial charge in [0.1, 0.15) is 0 Å². The maximum atomic E-state index is 10.7. The molecule has 5 nitrogen and oxygen atoms in total. The number of benzene rings is 1. The maximum absolute atomic E-state index is 10.7. The number of hydrogen-bond donors (Lipinski definition) is 3. The van der Waals surface area contributed by atoms with E-state index >= 15 is 0 Å². The van der Waals surface area contributed by atoms with E-state index in [1.54, 1.807) is 0 Å². The van der Waals surface area contributed by atoms with Crippen molar-refractivity contribution in [3.63, 3.8) is 0 Å². The van der Waals surface area contributed by atoms with Crippen LogP contribution in [0.2, 0.25) is 18.1 Å². The molecular weight excluding hydrogens is 456 g/mol. The normalized spacial score (nSPS) is 24.4. The van der Waals surface area contributed by atoms with Crippen LogP contribution >= 0.6 is 0 Å². The molecule has 0 bridgehead atoms. The van der Waals surface area contributed by atoms with E-state index in [-0.39, 0.29) is 29.4 Å². The molecule has 1 aliphatic rings. The van der Waals surface area contributed by atoms with Crippen LogP contribution in [-0.4, -0.2) is 47.9 Å². The van der Waals surface area contributed by atoms with Crippen molar-refractivity contribution >= 4 is 14.3 Å². The largest absolute Gasteiger partial charge is 0.481 e. The number of aliphatic hydroxyl groups is 2. The van der Waals surface area contributed by atoms with Gasteiger partial charge >= 0.3 is 5.97 Å². The van der Waals surface area contributed by atoms with Gasteiger partial charge in [-0.05, 0) is 61.7 Å². The molecule has 1 fully saturated rings. The van der Waals surface area contributed by atoms with E-state index in [4.69, 9.17) is 9.53 Å². The zero-order valence-electron chi connectivity index (χ0n) is 22.2. The molecule has 1 aromatic carbocycles. The number of aryl methyl sites for hydroxylation is 1. The van der Waals surface area contributed by atoms with Crippen molar-refractivity contribution in [2.24, 2.45) is 11.8 Å². The summed E-state index contributed by atoms with van der Waals surface area (Å²) >= 11 is 0. The summed E-state index contributed by atoms with van der Waals surface area (Å²) in [5.41, 5.74) is 1.28. The third kappa shape index (κ3) is 9.68. The summed E-state index contributed by atoms with van der Waals surface area (Å²) in [5.74, 6) is -0.963. The van der Waals surface area contributed by atoms with Crippen molar-refractivity contribution in [2.75, 3.05) is 0 Å². The first kappa shape index (κ1) is 29.5. The van der Waals surface area contributed by atoms with Crippen LogP contribution in [0.5, 0.6) is 0 Å². The first-order valence-corrected chi connectivity index (χ1v) is 15.9. The molecule has 2 rings (SSSR count). The van der Waals surface area contributed by atoms with E-state index in [1.807, 2.05) is 18.2 Å². The zero-order valence-corrected chi connectivity index (χ0v) is 23.2. The first-order chi connectivity index (χ1) is 16.4. The number of rotatable bonds is 13. The summed E-state index contributed by atoms with van der Waals surface area (Å²) in [6.07, 6.45) is 11.4. The Hall–Kier alpha value is -1.73. The molecule has 1 saturated carbocycles. The van der Waals surface area contributed by atoms with E-state index in [1.165, 1.54) is 5.56 Å². The molecule has 5 atom stereocenters. The molecule has 1 aromatic rings. The van der Waals surface area contributed by atoms with Crippen molar-refractivity contribution < 1.29 is 24.5 Å². The topological polar surface area (TPSA) is 87.0 Å². The number of unbranched alkanes of at least 4 members (excludes halogenated alkanes) is 1. The SMILES string of the molecule is CC(C)(C)[Si](C)(C)O[C@@H](C=C[C@@H]1[C@@H](CC=CCCCC(=O)O)[C@@H](O)C[C@H]1O)CCc1ccccc1. The lowest BCUT2D eigenvalue weighted by atomic mass is 9.89. The zero-order chi connectivity index (χ0) is 26.1. The third-order valence-electron chi connectivity index (χ3n) is 7.61. The van der Waals surface area contributed by atoms with Crippen molar-refractivity contribution in [3.05, 3.63) is 60.2 Å². The molecule has 35 heavy (non-hydrogen) atoms. The maximum Gasteiger partial charge on any atom is 0.303 e. The van der Waals surface area contributed by atoms with Crippen molar-refractivity contribution in [1.29, 1.82) is 0 Å². The summed E-state index contributed by atoms with van der Waals surface area (Å²) < 4.78 is 6.77. The van der Waals surface area contributed by atoms with Gasteiger partial charge in [0.15, 0.2) is 8.32 Å². The number of carboxylic acids is 1. The van der Waals surface area contributed by atoms with Gasteiger partial charge in [-0.1, -0.05) is 75.4 Å². The Bertz CT molecular complexity index is 827. The molecule has 0 aromatic heterocycles. The van der Waals surface area contributed by atoms with Gasteiger partial charge in [-0.25, -0.2) is 0 Å². The summed E-state index contributed by atoms with van der Waals surface area (Å²) in [7, 11) is -1.99. The minimum Gasteiger partial charge on any atom is -0.481 e. The highest BCUT2D eigenvalue weighted by molar-refractivity contribution is 6.74. The number of hydrogen-bond acceptors (Lipinski definition) is 4. The van der Waals surface area contributed by atoms with Gasteiger partial charge in [0.2, 0.25) is 0 Å². The van der Waals surface area contributed by atoms with Crippen molar-refractivity contribution in [2.45, 2.75) is 102 Å². The average molecular weight is 503 g/mol. The number of carboxylic acid groups (broad SMARTS) is 1. The van der Waals surface area contributed by atoms with E-state index in [9.17, 15) is 15.0 Å². The summed E-state index contributed by atoms with van der Waals surface area (Å²) in [4.78, 5) is 10.7. The number of carbonyl (C=O) groups is 1. The Morgan fingerprint density at radius 1 is 1.14 bits per heavy atom. The van der Waals surface area contributed by atoms with E-state index in [0.29, 0.717) is 25.7 Å². The minimum atomic E-state index is -1.99. The van der Waals surface area contributed by atoms with Crippen LogP contribution in [0.1, 0.15) is 64.9 Å². The Labute approximate surface area is 213 Å². The molecular formula is C29H46O5Si. The summed E-state index contributed by atoms with van der Waals surface area (Å²) in [6, 6.07) is 10.4. The standard InChI is InChI=1S/C29H46O5Si/c1-29(2,3)35(4,5)34-23(18-17-22-13-9-8-10-14-22)19-20-25-24(26(30)21-27(25)31)15-11-6-7-12-16-28(32)33/h6,8-11,13-14,19-20,23-27,30-31H,7,12,15-18,21H2,1-5H3,(H,32,33)/t23-,24-,25-,26+,27-/m1/s1. The van der Waals surface area contributed by atoms with Crippen LogP contribution in [0.4, 0.5) is 0 Å². The van der Waals surface area contributed by atoms with Crippen LogP contribution < -0.4 is 0 Å². The van der Waals surface area contributed by atoms with Gasteiger partial charge in [-0.15, -0.1) is 0 Å². The third-order valence-corrected chi connectivity index (χ3v) is 12.1. The van der Waals surface area contributed by atoms with Crippen LogP contribution in [0, 0.1) is 11.8 Å². The van der Waals surface area contributed by atoms with Gasteiger partial charge < -0.3 is 19.7 Å². The van der Waals surface area contributed by atoms with Gasteiger partial charge in [0, 0.05) is 18.8 Å². The van der Waals surface area contributed by atoms with Crippen LogP contribution in [0.25, 0.3) is 0 Å². The van der Waals surface area contributed by atoms with Gasteiger partial charge in [-0.2, -0.15) is 0 Å². The fraction of sp³-hybridized carbons (Fsp3) is 0.621. The van der Waals surface area contributed by atoms with Crippen LogP contribution in [0.3, 0.4) is 0 Å². The van der Waals surface area contributed by atoms with E-state index in [2.05, 4.69) is 70.3 Å².